The van der Waals surface area contributed by atoms with Crippen molar-refractivity contribution < 1.29 is 13.2 Å². The molecule has 1 amide bonds. The van der Waals surface area contributed by atoms with Crippen LogP contribution < -0.4 is 16.2 Å². The lowest BCUT2D eigenvalue weighted by Gasteiger charge is -2.28. The quantitative estimate of drug-likeness (QED) is 0.734. The monoisotopic (exact) mass is 333 g/mol. The van der Waals surface area contributed by atoms with E-state index >= 15 is 0 Å². The standard InChI is InChI=1S/C13H20ClN3O3S/c1-3-13(4-2,8-15)12(18)17-11-7-9(21(16,19)20)5-6-10(11)14/h5-7H,3-4,8,15H2,1-2H3,(H,17,18)(H2,16,19,20). The largest absolute Gasteiger partial charge is 0.329 e. The van der Waals surface area contributed by atoms with Gasteiger partial charge in [0.25, 0.3) is 0 Å². The fraction of sp³-hybridized carbons (Fsp3) is 0.462. The smallest absolute Gasteiger partial charge is 0.238 e. The Bertz CT molecular complexity index is 619. The highest BCUT2D eigenvalue weighted by Gasteiger charge is 2.33. The molecule has 0 aliphatic rings. The number of nitrogens with one attached hydrogen (secondary N) is 1. The van der Waals surface area contributed by atoms with Crippen LogP contribution in [0, 0.1) is 5.41 Å². The van der Waals surface area contributed by atoms with Crippen molar-refractivity contribution in [3.05, 3.63) is 23.2 Å². The van der Waals surface area contributed by atoms with Crippen molar-refractivity contribution in [3.8, 4) is 0 Å². The third kappa shape index (κ3) is 3.94. The zero-order valence-corrected chi connectivity index (χ0v) is 13.6. The van der Waals surface area contributed by atoms with Crippen molar-refractivity contribution in [1.29, 1.82) is 0 Å². The predicted octanol–water partition coefficient (Wildman–Crippen LogP) is 1.69. The molecule has 0 unspecified atom stereocenters. The number of halogens is 1. The first kappa shape index (κ1) is 17.9. The van der Waals surface area contributed by atoms with Crippen LogP contribution in [0.25, 0.3) is 0 Å². The number of anilines is 1. The van der Waals surface area contributed by atoms with Gasteiger partial charge in [-0.2, -0.15) is 0 Å². The minimum Gasteiger partial charge on any atom is -0.329 e. The first-order valence-corrected chi connectivity index (χ1v) is 8.46. The highest BCUT2D eigenvalue weighted by molar-refractivity contribution is 7.89. The fourth-order valence-corrected chi connectivity index (χ4v) is 2.69. The summed E-state index contributed by atoms with van der Waals surface area (Å²) in [6.07, 6.45) is 1.14. The van der Waals surface area contributed by atoms with Gasteiger partial charge in [-0.15, -0.1) is 0 Å². The number of rotatable bonds is 6. The van der Waals surface area contributed by atoms with Gasteiger partial charge in [0.05, 0.1) is 21.0 Å². The van der Waals surface area contributed by atoms with Crippen LogP contribution in [0.2, 0.25) is 5.02 Å². The number of hydrogen-bond donors (Lipinski definition) is 3. The molecule has 0 radical (unpaired) electrons. The summed E-state index contributed by atoms with van der Waals surface area (Å²) in [4.78, 5) is 12.3. The van der Waals surface area contributed by atoms with E-state index in [0.29, 0.717) is 12.8 Å². The summed E-state index contributed by atoms with van der Waals surface area (Å²) in [5.74, 6) is -0.288. The first-order valence-electron chi connectivity index (χ1n) is 6.54. The van der Waals surface area contributed by atoms with Crippen LogP contribution in [-0.4, -0.2) is 20.9 Å². The number of nitrogens with two attached hydrogens (primary N) is 2. The number of hydrogen-bond acceptors (Lipinski definition) is 4. The summed E-state index contributed by atoms with van der Waals surface area (Å²) in [5.41, 5.74) is 5.21. The van der Waals surface area contributed by atoms with Crippen molar-refractivity contribution in [1.82, 2.24) is 0 Å². The van der Waals surface area contributed by atoms with Gasteiger partial charge in [0.2, 0.25) is 15.9 Å². The normalized spacial score (nSPS) is 12.2. The molecule has 0 saturated carbocycles. The van der Waals surface area contributed by atoms with Gasteiger partial charge in [-0.25, -0.2) is 13.6 Å². The van der Waals surface area contributed by atoms with Crippen molar-refractivity contribution in [3.63, 3.8) is 0 Å². The molecule has 0 saturated heterocycles. The van der Waals surface area contributed by atoms with E-state index in [1.807, 2.05) is 13.8 Å². The van der Waals surface area contributed by atoms with Crippen LogP contribution in [0.3, 0.4) is 0 Å². The van der Waals surface area contributed by atoms with Gasteiger partial charge in [-0.05, 0) is 31.0 Å². The minimum absolute atomic E-state index is 0.117. The molecule has 8 heteroatoms. The molecule has 0 atom stereocenters. The van der Waals surface area contributed by atoms with Crippen molar-refractivity contribution in [2.75, 3.05) is 11.9 Å². The Kier molecular flexibility index (Phi) is 5.75. The van der Waals surface area contributed by atoms with E-state index in [0.717, 1.165) is 0 Å². The summed E-state index contributed by atoms with van der Waals surface area (Å²) in [6.45, 7) is 3.94. The molecule has 6 nitrogen and oxygen atoms in total. The number of sulfonamides is 1. The fourth-order valence-electron chi connectivity index (χ4n) is 1.98. The molecule has 0 heterocycles. The van der Waals surface area contributed by atoms with Gasteiger partial charge in [0.15, 0.2) is 0 Å². The second-order valence-electron chi connectivity index (χ2n) is 4.83. The Morgan fingerprint density at radius 1 is 1.33 bits per heavy atom. The Morgan fingerprint density at radius 3 is 2.33 bits per heavy atom. The molecule has 0 fully saturated rings. The molecule has 1 rings (SSSR count). The molecule has 1 aromatic carbocycles. The molecular weight excluding hydrogens is 314 g/mol. The topological polar surface area (TPSA) is 115 Å². The second kappa shape index (κ2) is 6.74. The van der Waals surface area contributed by atoms with Gasteiger partial charge < -0.3 is 11.1 Å². The lowest BCUT2D eigenvalue weighted by atomic mass is 9.81. The second-order valence-corrected chi connectivity index (χ2v) is 6.80. The third-order valence-corrected chi connectivity index (χ3v) is 4.98. The molecule has 118 valence electrons. The summed E-state index contributed by atoms with van der Waals surface area (Å²) in [5, 5.41) is 7.94. The van der Waals surface area contributed by atoms with Crippen LogP contribution in [0.5, 0.6) is 0 Å². The van der Waals surface area contributed by atoms with Gasteiger partial charge in [-0.1, -0.05) is 25.4 Å². The molecule has 0 aliphatic carbocycles. The zero-order chi connectivity index (χ0) is 16.3. The number of carbonyl (C=O) groups is 1. The van der Waals surface area contributed by atoms with Crippen LogP contribution in [0.1, 0.15) is 26.7 Å². The molecule has 1 aromatic rings. The highest BCUT2D eigenvalue weighted by atomic mass is 35.5. The van der Waals surface area contributed by atoms with Crippen molar-refractivity contribution in [2.45, 2.75) is 31.6 Å². The Balaban J connectivity index is 3.16. The molecular formula is C13H20ClN3O3S. The van der Waals surface area contributed by atoms with Crippen LogP contribution in [0.15, 0.2) is 23.1 Å². The molecule has 5 N–H and O–H groups in total. The lowest BCUT2D eigenvalue weighted by Crippen LogP contribution is -2.41. The van der Waals surface area contributed by atoms with E-state index in [2.05, 4.69) is 5.32 Å². The Labute approximate surface area is 129 Å². The minimum atomic E-state index is -3.86. The molecule has 0 spiro atoms. The molecule has 21 heavy (non-hydrogen) atoms. The highest BCUT2D eigenvalue weighted by Crippen LogP contribution is 2.30. The first-order chi connectivity index (χ1) is 9.70. The van der Waals surface area contributed by atoms with Gasteiger partial charge in [0, 0.05) is 6.54 Å². The number of benzene rings is 1. The molecule has 0 aliphatic heterocycles. The summed E-state index contributed by atoms with van der Waals surface area (Å²) < 4.78 is 22.7. The van der Waals surface area contributed by atoms with Crippen LogP contribution in [0.4, 0.5) is 5.69 Å². The average Bonchev–Trinajstić information content (AvgIpc) is 2.42. The van der Waals surface area contributed by atoms with E-state index in [1.165, 1.54) is 18.2 Å². The zero-order valence-electron chi connectivity index (χ0n) is 12.0. The van der Waals surface area contributed by atoms with Gasteiger partial charge in [-0.3, -0.25) is 4.79 Å². The van der Waals surface area contributed by atoms with Crippen molar-refractivity contribution in [2.24, 2.45) is 16.3 Å². The molecule has 0 aromatic heterocycles. The number of amides is 1. The van der Waals surface area contributed by atoms with Crippen LogP contribution in [-0.2, 0) is 14.8 Å². The average molecular weight is 334 g/mol. The molecule has 0 bridgehead atoms. The van der Waals surface area contributed by atoms with Gasteiger partial charge >= 0.3 is 0 Å². The Morgan fingerprint density at radius 2 is 1.90 bits per heavy atom. The van der Waals surface area contributed by atoms with Gasteiger partial charge in [0.1, 0.15) is 0 Å². The van der Waals surface area contributed by atoms with Crippen LogP contribution >= 0.6 is 11.6 Å². The maximum absolute atomic E-state index is 12.4. The summed E-state index contributed by atoms with van der Waals surface area (Å²) in [6, 6.07) is 3.89. The Hall–Kier alpha value is -1.15. The van der Waals surface area contributed by atoms with E-state index in [1.54, 1.807) is 0 Å². The van der Waals surface area contributed by atoms with E-state index in [4.69, 9.17) is 22.5 Å². The summed E-state index contributed by atoms with van der Waals surface area (Å²) >= 11 is 5.99. The maximum atomic E-state index is 12.4. The SMILES string of the molecule is CCC(CC)(CN)C(=O)Nc1cc(S(N)(=O)=O)ccc1Cl. The predicted molar refractivity (Wildman–Crippen MR) is 83.5 cm³/mol. The van der Waals surface area contributed by atoms with Crippen molar-refractivity contribution >= 4 is 33.2 Å². The van der Waals surface area contributed by atoms with E-state index < -0.39 is 15.4 Å². The maximum Gasteiger partial charge on any atom is 0.238 e. The number of primary sulfonamides is 1. The number of carbonyl (C=O) groups excluding carboxylic acids is 1. The van der Waals surface area contributed by atoms with E-state index in [-0.39, 0.29) is 28.1 Å². The third-order valence-electron chi connectivity index (χ3n) is 3.74. The lowest BCUT2D eigenvalue weighted by molar-refractivity contribution is -0.125. The van der Waals surface area contributed by atoms with E-state index in [9.17, 15) is 13.2 Å². The summed E-state index contributed by atoms with van der Waals surface area (Å²) in [7, 11) is -3.86.